The lowest BCUT2D eigenvalue weighted by Crippen LogP contribution is -2.00. The molecule has 18 heavy (non-hydrogen) atoms. The van der Waals surface area contributed by atoms with Crippen molar-refractivity contribution in [3.05, 3.63) is 18.2 Å². The van der Waals surface area contributed by atoms with Crippen LogP contribution in [-0.2, 0) is 0 Å². The number of halogens is 1. The second-order valence-corrected chi connectivity index (χ2v) is 4.74. The Balaban J connectivity index is 2.41. The molecule has 0 aliphatic carbocycles. The van der Waals surface area contributed by atoms with Gasteiger partial charge < -0.3 is 14.2 Å². The van der Waals surface area contributed by atoms with Gasteiger partial charge in [-0.05, 0) is 25.0 Å². The third-order valence-corrected chi connectivity index (χ3v) is 3.21. The lowest BCUT2D eigenvalue weighted by molar-refractivity contribution is 0.276. The minimum absolute atomic E-state index is 0.667. The molecule has 0 aliphatic rings. The van der Waals surface area contributed by atoms with Gasteiger partial charge in [0.05, 0.1) is 20.8 Å². The predicted octanol–water partition coefficient (Wildman–Crippen LogP) is 4.04. The van der Waals surface area contributed by atoms with Crippen LogP contribution in [0.2, 0.25) is 0 Å². The molecule has 0 N–H and O–H groups in total. The van der Waals surface area contributed by atoms with E-state index in [2.05, 4.69) is 15.9 Å². The van der Waals surface area contributed by atoms with Crippen molar-refractivity contribution in [3.8, 4) is 17.2 Å². The first-order valence-electron chi connectivity index (χ1n) is 6.23. The summed E-state index contributed by atoms with van der Waals surface area (Å²) in [5.41, 5.74) is 0. The maximum Gasteiger partial charge on any atom is 0.203 e. The Hall–Kier alpha value is -0.900. The summed E-state index contributed by atoms with van der Waals surface area (Å²) < 4.78 is 16.3. The Labute approximate surface area is 118 Å². The second-order valence-electron chi connectivity index (χ2n) is 3.94. The molecular weight excluding hydrogens is 296 g/mol. The van der Waals surface area contributed by atoms with Gasteiger partial charge in [-0.25, -0.2) is 0 Å². The highest BCUT2D eigenvalue weighted by Crippen LogP contribution is 2.36. The minimum atomic E-state index is 0.667. The van der Waals surface area contributed by atoms with E-state index in [1.54, 1.807) is 14.2 Å². The number of unbranched alkanes of at least 4 members (excludes halogenated alkanes) is 3. The third kappa shape index (κ3) is 4.77. The van der Waals surface area contributed by atoms with Gasteiger partial charge >= 0.3 is 0 Å². The third-order valence-electron chi connectivity index (χ3n) is 2.65. The van der Waals surface area contributed by atoms with Gasteiger partial charge in [-0.2, -0.15) is 0 Å². The first kappa shape index (κ1) is 15.2. The van der Waals surface area contributed by atoms with Crippen molar-refractivity contribution in [2.75, 3.05) is 26.2 Å². The van der Waals surface area contributed by atoms with E-state index >= 15 is 0 Å². The van der Waals surface area contributed by atoms with E-state index in [-0.39, 0.29) is 0 Å². The van der Waals surface area contributed by atoms with Crippen molar-refractivity contribution in [1.29, 1.82) is 0 Å². The summed E-state index contributed by atoms with van der Waals surface area (Å²) in [6, 6.07) is 5.67. The van der Waals surface area contributed by atoms with Crippen LogP contribution in [0.25, 0.3) is 0 Å². The summed E-state index contributed by atoms with van der Waals surface area (Å²) in [5, 5.41) is 1.08. The van der Waals surface area contributed by atoms with Crippen molar-refractivity contribution in [2.45, 2.75) is 25.7 Å². The fraction of sp³-hybridized carbons (Fsp3) is 0.571. The van der Waals surface area contributed by atoms with E-state index in [1.807, 2.05) is 18.2 Å². The van der Waals surface area contributed by atoms with Crippen molar-refractivity contribution in [1.82, 2.24) is 0 Å². The second kappa shape index (κ2) is 9.09. The van der Waals surface area contributed by atoms with Gasteiger partial charge in [-0.15, -0.1) is 0 Å². The monoisotopic (exact) mass is 316 g/mol. The van der Waals surface area contributed by atoms with E-state index in [0.29, 0.717) is 18.1 Å². The fourth-order valence-corrected chi connectivity index (χ4v) is 2.10. The molecule has 0 radical (unpaired) electrons. The van der Waals surface area contributed by atoms with Crippen LogP contribution in [0.15, 0.2) is 18.2 Å². The van der Waals surface area contributed by atoms with Gasteiger partial charge in [-0.3, -0.25) is 0 Å². The Morgan fingerprint density at radius 2 is 1.67 bits per heavy atom. The summed E-state index contributed by atoms with van der Waals surface area (Å²) in [6.45, 7) is 0.714. The largest absolute Gasteiger partial charge is 0.493 e. The molecule has 0 saturated carbocycles. The Morgan fingerprint density at radius 1 is 0.944 bits per heavy atom. The van der Waals surface area contributed by atoms with Crippen molar-refractivity contribution < 1.29 is 14.2 Å². The normalized spacial score (nSPS) is 10.2. The van der Waals surface area contributed by atoms with E-state index in [9.17, 15) is 0 Å². The van der Waals surface area contributed by atoms with Gasteiger partial charge in [0.1, 0.15) is 0 Å². The molecule has 1 rings (SSSR count). The molecule has 0 saturated heterocycles. The fourth-order valence-electron chi connectivity index (χ4n) is 1.70. The van der Waals surface area contributed by atoms with Crippen LogP contribution >= 0.6 is 15.9 Å². The highest BCUT2D eigenvalue weighted by molar-refractivity contribution is 9.09. The molecule has 0 bridgehead atoms. The molecule has 0 aromatic heterocycles. The maximum absolute atomic E-state index is 5.73. The van der Waals surface area contributed by atoms with E-state index in [1.165, 1.54) is 19.3 Å². The zero-order chi connectivity index (χ0) is 13.2. The highest BCUT2D eigenvalue weighted by atomic mass is 79.9. The lowest BCUT2D eigenvalue weighted by atomic mass is 10.2. The minimum Gasteiger partial charge on any atom is -0.493 e. The summed E-state index contributed by atoms with van der Waals surface area (Å²) in [6.07, 6.45) is 4.72. The predicted molar refractivity (Wildman–Crippen MR) is 77.3 cm³/mol. The van der Waals surface area contributed by atoms with E-state index < -0.39 is 0 Å². The molecule has 0 atom stereocenters. The maximum atomic E-state index is 5.73. The average Bonchev–Trinajstić information content (AvgIpc) is 2.42. The van der Waals surface area contributed by atoms with Crippen LogP contribution < -0.4 is 14.2 Å². The number of hydrogen-bond donors (Lipinski definition) is 0. The van der Waals surface area contributed by atoms with Crippen LogP contribution in [-0.4, -0.2) is 26.2 Å². The molecule has 0 fully saturated rings. The summed E-state index contributed by atoms with van der Waals surface area (Å²) >= 11 is 3.43. The van der Waals surface area contributed by atoms with Gasteiger partial charge in [0.15, 0.2) is 11.5 Å². The lowest BCUT2D eigenvalue weighted by Gasteiger charge is -2.13. The van der Waals surface area contributed by atoms with Crippen molar-refractivity contribution >= 4 is 15.9 Å². The number of alkyl halides is 1. The number of rotatable bonds is 9. The summed E-state index contributed by atoms with van der Waals surface area (Å²) in [7, 11) is 3.25. The molecule has 102 valence electrons. The van der Waals surface area contributed by atoms with Crippen LogP contribution in [0.1, 0.15) is 25.7 Å². The number of para-hydroxylation sites is 1. The highest BCUT2D eigenvalue weighted by Gasteiger charge is 2.09. The van der Waals surface area contributed by atoms with Gasteiger partial charge in [0.25, 0.3) is 0 Å². The number of hydrogen-bond acceptors (Lipinski definition) is 3. The zero-order valence-electron chi connectivity index (χ0n) is 11.1. The van der Waals surface area contributed by atoms with Crippen LogP contribution in [0.3, 0.4) is 0 Å². The first-order valence-corrected chi connectivity index (χ1v) is 7.35. The Kier molecular flexibility index (Phi) is 7.65. The van der Waals surface area contributed by atoms with Crippen molar-refractivity contribution in [3.63, 3.8) is 0 Å². The van der Waals surface area contributed by atoms with Crippen LogP contribution in [0.5, 0.6) is 17.2 Å². The number of methoxy groups -OCH3 is 2. The zero-order valence-corrected chi connectivity index (χ0v) is 12.7. The van der Waals surface area contributed by atoms with Gasteiger partial charge in [-0.1, -0.05) is 34.8 Å². The topological polar surface area (TPSA) is 27.7 Å². The molecule has 3 nitrogen and oxygen atoms in total. The van der Waals surface area contributed by atoms with Crippen LogP contribution in [0.4, 0.5) is 0 Å². The summed E-state index contributed by atoms with van der Waals surface area (Å²) in [5.74, 6) is 2.12. The molecular formula is C14H21BrO3. The standard InChI is InChI=1S/C14H21BrO3/c1-16-12-8-7-9-13(14(12)17-2)18-11-6-4-3-5-10-15/h7-9H,3-6,10-11H2,1-2H3. The summed E-state index contributed by atoms with van der Waals surface area (Å²) in [4.78, 5) is 0. The molecule has 0 heterocycles. The van der Waals surface area contributed by atoms with Crippen LogP contribution in [0, 0.1) is 0 Å². The Bertz CT molecular complexity index is 342. The quantitative estimate of drug-likeness (QED) is 0.508. The SMILES string of the molecule is COc1cccc(OCCCCCCBr)c1OC. The Morgan fingerprint density at radius 3 is 2.33 bits per heavy atom. The molecule has 1 aromatic rings. The van der Waals surface area contributed by atoms with E-state index in [4.69, 9.17) is 14.2 Å². The molecule has 4 heteroatoms. The molecule has 0 spiro atoms. The van der Waals surface area contributed by atoms with Gasteiger partial charge in [0.2, 0.25) is 5.75 Å². The average molecular weight is 317 g/mol. The van der Waals surface area contributed by atoms with E-state index in [0.717, 1.165) is 17.5 Å². The molecule has 0 amide bonds. The van der Waals surface area contributed by atoms with Crippen molar-refractivity contribution in [2.24, 2.45) is 0 Å². The molecule has 1 aromatic carbocycles. The number of benzene rings is 1. The molecule has 0 unspecified atom stereocenters. The molecule has 0 aliphatic heterocycles. The first-order chi connectivity index (χ1) is 8.83. The smallest absolute Gasteiger partial charge is 0.203 e. The number of ether oxygens (including phenoxy) is 3. The van der Waals surface area contributed by atoms with Gasteiger partial charge in [0, 0.05) is 5.33 Å².